The monoisotopic (exact) mass is 205 g/mol. The van der Waals surface area contributed by atoms with Crippen molar-refractivity contribution in [2.24, 2.45) is 0 Å². The van der Waals surface area contributed by atoms with E-state index in [4.69, 9.17) is 4.74 Å². The van der Waals surface area contributed by atoms with Crippen LogP contribution in [0, 0.1) is 0 Å². The molecule has 0 fully saturated rings. The van der Waals surface area contributed by atoms with E-state index in [1.54, 1.807) is 27.7 Å². The van der Waals surface area contributed by atoms with Crippen molar-refractivity contribution in [1.29, 1.82) is 0 Å². The SMILES string of the molecule is CCN(CC(C)F)C(=O)OC(C)(C)C. The molecule has 3 nitrogen and oxygen atoms in total. The Morgan fingerprint density at radius 1 is 1.50 bits per heavy atom. The van der Waals surface area contributed by atoms with Crippen molar-refractivity contribution in [2.75, 3.05) is 13.1 Å². The van der Waals surface area contributed by atoms with E-state index in [0.717, 1.165) is 0 Å². The molecule has 1 unspecified atom stereocenters. The first-order valence-corrected chi connectivity index (χ1v) is 4.88. The van der Waals surface area contributed by atoms with Gasteiger partial charge >= 0.3 is 6.09 Å². The van der Waals surface area contributed by atoms with Crippen molar-refractivity contribution in [3.8, 4) is 0 Å². The molecule has 0 aliphatic carbocycles. The summed E-state index contributed by atoms with van der Waals surface area (Å²) >= 11 is 0. The van der Waals surface area contributed by atoms with Crippen molar-refractivity contribution in [1.82, 2.24) is 4.90 Å². The second-order valence-electron chi connectivity index (χ2n) is 4.30. The lowest BCUT2D eigenvalue weighted by atomic mass is 10.2. The molecule has 0 aliphatic rings. The molecule has 1 amide bonds. The Hall–Kier alpha value is -0.800. The van der Waals surface area contributed by atoms with Gasteiger partial charge in [-0.2, -0.15) is 0 Å². The number of nitrogens with zero attached hydrogens (tertiary/aromatic N) is 1. The predicted octanol–water partition coefficient (Wildman–Crippen LogP) is 2.60. The average molecular weight is 205 g/mol. The number of hydrogen-bond acceptors (Lipinski definition) is 2. The van der Waals surface area contributed by atoms with Crippen LogP contribution in [-0.4, -0.2) is 35.9 Å². The van der Waals surface area contributed by atoms with Gasteiger partial charge in [0.25, 0.3) is 0 Å². The molecule has 84 valence electrons. The highest BCUT2D eigenvalue weighted by molar-refractivity contribution is 5.68. The lowest BCUT2D eigenvalue weighted by Gasteiger charge is -2.26. The van der Waals surface area contributed by atoms with Gasteiger partial charge in [0.05, 0.1) is 6.54 Å². The number of hydrogen-bond donors (Lipinski definition) is 0. The molecule has 0 heterocycles. The standard InChI is InChI=1S/C10H20FNO2/c1-6-12(7-8(2)11)9(13)14-10(3,4)5/h8H,6-7H2,1-5H3. The summed E-state index contributed by atoms with van der Waals surface area (Å²) in [6.45, 7) is 9.14. The van der Waals surface area contributed by atoms with Crippen LogP contribution in [0.1, 0.15) is 34.6 Å². The second kappa shape index (κ2) is 5.17. The smallest absolute Gasteiger partial charge is 0.410 e. The van der Waals surface area contributed by atoms with Crippen molar-refractivity contribution in [3.63, 3.8) is 0 Å². The van der Waals surface area contributed by atoms with Gasteiger partial charge in [0.1, 0.15) is 11.8 Å². The molecule has 0 rings (SSSR count). The van der Waals surface area contributed by atoms with Gasteiger partial charge in [-0.3, -0.25) is 0 Å². The Bertz CT molecular complexity index is 187. The Labute approximate surface area is 85.2 Å². The Morgan fingerprint density at radius 3 is 2.29 bits per heavy atom. The van der Waals surface area contributed by atoms with E-state index in [0.29, 0.717) is 6.54 Å². The van der Waals surface area contributed by atoms with E-state index >= 15 is 0 Å². The summed E-state index contributed by atoms with van der Waals surface area (Å²) in [6.07, 6.45) is -1.48. The molecule has 0 aromatic heterocycles. The van der Waals surface area contributed by atoms with Crippen LogP contribution < -0.4 is 0 Å². The van der Waals surface area contributed by atoms with Crippen LogP contribution >= 0.6 is 0 Å². The van der Waals surface area contributed by atoms with Crippen LogP contribution in [0.25, 0.3) is 0 Å². The summed E-state index contributed by atoms with van der Waals surface area (Å²) < 4.78 is 17.8. The summed E-state index contributed by atoms with van der Waals surface area (Å²) in [5.74, 6) is 0. The van der Waals surface area contributed by atoms with Gasteiger partial charge in [-0.25, -0.2) is 9.18 Å². The van der Waals surface area contributed by atoms with Gasteiger partial charge in [-0.05, 0) is 34.6 Å². The van der Waals surface area contributed by atoms with E-state index in [1.807, 2.05) is 0 Å². The molecule has 0 radical (unpaired) electrons. The zero-order valence-corrected chi connectivity index (χ0v) is 9.63. The number of carbonyl (C=O) groups excluding carboxylic acids is 1. The number of alkyl halides is 1. The molecule has 0 saturated heterocycles. The van der Waals surface area contributed by atoms with E-state index in [1.165, 1.54) is 11.8 Å². The van der Waals surface area contributed by atoms with Crippen LogP contribution in [0.2, 0.25) is 0 Å². The molecule has 0 bridgehead atoms. The lowest BCUT2D eigenvalue weighted by Crippen LogP contribution is -2.39. The van der Waals surface area contributed by atoms with Crippen LogP contribution in [-0.2, 0) is 4.74 Å². The van der Waals surface area contributed by atoms with Crippen LogP contribution in [0.15, 0.2) is 0 Å². The number of halogens is 1. The minimum Gasteiger partial charge on any atom is -0.444 e. The van der Waals surface area contributed by atoms with E-state index in [-0.39, 0.29) is 6.54 Å². The van der Waals surface area contributed by atoms with Crippen molar-refractivity contribution in [3.05, 3.63) is 0 Å². The third kappa shape index (κ3) is 5.78. The summed E-state index contributed by atoms with van der Waals surface area (Å²) in [5, 5.41) is 0. The van der Waals surface area contributed by atoms with Gasteiger partial charge < -0.3 is 9.64 Å². The maximum absolute atomic E-state index is 12.7. The Balaban J connectivity index is 4.18. The highest BCUT2D eigenvalue weighted by Crippen LogP contribution is 2.10. The minimum absolute atomic E-state index is 0.0887. The third-order valence-electron chi connectivity index (χ3n) is 1.51. The predicted molar refractivity (Wildman–Crippen MR) is 54.1 cm³/mol. The molecule has 14 heavy (non-hydrogen) atoms. The zero-order chi connectivity index (χ0) is 11.4. The first-order chi connectivity index (χ1) is 6.26. The normalized spacial score (nSPS) is 13.6. The fraction of sp³-hybridized carbons (Fsp3) is 0.900. The summed E-state index contributed by atoms with van der Waals surface area (Å²) in [7, 11) is 0. The third-order valence-corrected chi connectivity index (χ3v) is 1.51. The Morgan fingerprint density at radius 2 is 2.00 bits per heavy atom. The molecular weight excluding hydrogens is 185 g/mol. The maximum atomic E-state index is 12.7. The molecule has 1 atom stereocenters. The molecular formula is C10H20FNO2. The van der Waals surface area contributed by atoms with Crippen LogP contribution in [0.5, 0.6) is 0 Å². The maximum Gasteiger partial charge on any atom is 0.410 e. The highest BCUT2D eigenvalue weighted by Gasteiger charge is 2.21. The first-order valence-electron chi connectivity index (χ1n) is 4.88. The number of rotatable bonds is 3. The molecule has 0 saturated carbocycles. The summed E-state index contributed by atoms with van der Waals surface area (Å²) in [4.78, 5) is 12.8. The van der Waals surface area contributed by atoms with Gasteiger partial charge in [-0.1, -0.05) is 0 Å². The van der Waals surface area contributed by atoms with E-state index in [2.05, 4.69) is 0 Å². The van der Waals surface area contributed by atoms with Gasteiger partial charge in [0.2, 0.25) is 0 Å². The fourth-order valence-electron chi connectivity index (χ4n) is 0.963. The quantitative estimate of drug-likeness (QED) is 0.708. The highest BCUT2D eigenvalue weighted by atomic mass is 19.1. The van der Waals surface area contributed by atoms with Crippen molar-refractivity contribution < 1.29 is 13.9 Å². The zero-order valence-electron chi connectivity index (χ0n) is 9.63. The lowest BCUT2D eigenvalue weighted by molar-refractivity contribution is 0.0222. The Kier molecular flexibility index (Phi) is 4.88. The largest absolute Gasteiger partial charge is 0.444 e. The average Bonchev–Trinajstić information content (AvgIpc) is 1.96. The second-order valence-corrected chi connectivity index (χ2v) is 4.30. The van der Waals surface area contributed by atoms with E-state index in [9.17, 15) is 9.18 Å². The molecule has 0 aromatic carbocycles. The van der Waals surface area contributed by atoms with Gasteiger partial charge in [-0.15, -0.1) is 0 Å². The van der Waals surface area contributed by atoms with Crippen LogP contribution in [0.3, 0.4) is 0 Å². The summed E-state index contributed by atoms with van der Waals surface area (Å²) in [5.41, 5.74) is -0.524. The van der Waals surface area contributed by atoms with E-state index < -0.39 is 17.9 Å². The molecule has 0 spiro atoms. The fourth-order valence-corrected chi connectivity index (χ4v) is 0.963. The van der Waals surface area contributed by atoms with Crippen molar-refractivity contribution in [2.45, 2.75) is 46.4 Å². The van der Waals surface area contributed by atoms with Gasteiger partial charge in [0.15, 0.2) is 0 Å². The summed E-state index contributed by atoms with van der Waals surface area (Å²) in [6, 6.07) is 0. The molecule has 0 aliphatic heterocycles. The molecule has 0 N–H and O–H groups in total. The number of ether oxygens (including phenoxy) is 1. The number of amides is 1. The first kappa shape index (κ1) is 13.2. The van der Waals surface area contributed by atoms with Crippen molar-refractivity contribution >= 4 is 6.09 Å². The molecule has 4 heteroatoms. The minimum atomic E-state index is -1.03. The van der Waals surface area contributed by atoms with Gasteiger partial charge in [0, 0.05) is 6.54 Å². The molecule has 0 aromatic rings. The topological polar surface area (TPSA) is 29.5 Å². The number of carbonyl (C=O) groups is 1. The van der Waals surface area contributed by atoms with Crippen LogP contribution in [0.4, 0.5) is 9.18 Å².